The predicted octanol–water partition coefficient (Wildman–Crippen LogP) is 1.32. The Hall–Kier alpha value is -1.30. The van der Waals surface area contributed by atoms with Gasteiger partial charge in [-0.3, -0.25) is 4.90 Å². The molecule has 2 amide bonds. The number of likely N-dealkylation sites (tertiary alicyclic amines) is 1. The lowest BCUT2D eigenvalue weighted by Gasteiger charge is -2.43. The zero-order valence-corrected chi connectivity index (χ0v) is 13.3. The summed E-state index contributed by atoms with van der Waals surface area (Å²) in [4.78, 5) is 29.9. The van der Waals surface area contributed by atoms with E-state index in [-0.39, 0.29) is 11.9 Å². The molecular formula is C15H27N3O3. The molecular weight excluding hydrogens is 270 g/mol. The molecule has 2 rings (SSSR count). The molecule has 21 heavy (non-hydrogen) atoms. The van der Waals surface area contributed by atoms with Gasteiger partial charge in [0.25, 0.3) is 0 Å². The maximum Gasteiger partial charge on any atom is 0.326 e. The van der Waals surface area contributed by atoms with Gasteiger partial charge in [0.15, 0.2) is 0 Å². The smallest absolute Gasteiger partial charge is 0.326 e. The van der Waals surface area contributed by atoms with Gasteiger partial charge in [-0.2, -0.15) is 0 Å². The van der Waals surface area contributed by atoms with E-state index < -0.39 is 12.0 Å². The monoisotopic (exact) mass is 297 g/mol. The van der Waals surface area contributed by atoms with Gasteiger partial charge in [-0.15, -0.1) is 0 Å². The van der Waals surface area contributed by atoms with Gasteiger partial charge in [0.05, 0.1) is 0 Å². The first kappa shape index (κ1) is 16.1. The van der Waals surface area contributed by atoms with E-state index in [9.17, 15) is 14.7 Å². The molecule has 120 valence electrons. The van der Waals surface area contributed by atoms with Crippen LogP contribution in [0.5, 0.6) is 0 Å². The second kappa shape index (κ2) is 6.64. The van der Waals surface area contributed by atoms with Crippen molar-refractivity contribution in [2.45, 2.75) is 45.7 Å². The Morgan fingerprint density at radius 1 is 1.10 bits per heavy atom. The number of rotatable bonds is 2. The molecule has 0 saturated carbocycles. The number of amides is 2. The fourth-order valence-electron chi connectivity index (χ4n) is 3.39. The number of nitrogens with zero attached hydrogens (tertiary/aromatic N) is 3. The molecule has 0 spiro atoms. The van der Waals surface area contributed by atoms with Gasteiger partial charge in [-0.1, -0.05) is 6.92 Å². The van der Waals surface area contributed by atoms with Gasteiger partial charge in [0.2, 0.25) is 0 Å². The minimum atomic E-state index is -0.878. The van der Waals surface area contributed by atoms with Crippen molar-refractivity contribution >= 4 is 12.0 Å². The van der Waals surface area contributed by atoms with Gasteiger partial charge >= 0.3 is 12.0 Å². The highest BCUT2D eigenvalue weighted by Gasteiger charge is 2.39. The number of carbonyl (C=O) groups is 2. The lowest BCUT2D eigenvalue weighted by atomic mass is 9.91. The molecule has 2 saturated heterocycles. The summed E-state index contributed by atoms with van der Waals surface area (Å²) in [5, 5.41) is 9.42. The molecule has 2 fully saturated rings. The Bertz CT molecular complexity index is 392. The summed E-state index contributed by atoms with van der Waals surface area (Å²) < 4.78 is 0. The third-order valence-electron chi connectivity index (χ3n) is 4.75. The molecule has 1 N–H and O–H groups in total. The van der Waals surface area contributed by atoms with Crippen LogP contribution < -0.4 is 0 Å². The normalized spacial score (nSPS) is 28.0. The van der Waals surface area contributed by atoms with Crippen LogP contribution in [0, 0.1) is 5.92 Å². The first-order valence-corrected chi connectivity index (χ1v) is 7.94. The molecule has 0 radical (unpaired) electrons. The minimum absolute atomic E-state index is 0.0251. The van der Waals surface area contributed by atoms with Crippen molar-refractivity contribution in [3.05, 3.63) is 0 Å². The molecule has 0 bridgehead atoms. The zero-order valence-electron chi connectivity index (χ0n) is 13.3. The van der Waals surface area contributed by atoms with Crippen LogP contribution in [0.25, 0.3) is 0 Å². The molecule has 0 aromatic carbocycles. The standard InChI is InChI=1S/C15H27N3O3/c1-11(2)16-7-9-17(10-8-16)15(21)18-6-4-5-12(3)13(18)14(19)20/h11-13H,4-10H2,1-3H3,(H,19,20). The van der Waals surface area contributed by atoms with Gasteiger partial charge in [-0.25, -0.2) is 9.59 Å². The van der Waals surface area contributed by atoms with Crippen LogP contribution in [0.15, 0.2) is 0 Å². The average molecular weight is 297 g/mol. The number of aliphatic carboxylic acids is 1. The van der Waals surface area contributed by atoms with Crippen molar-refractivity contribution in [3.8, 4) is 0 Å². The third kappa shape index (κ3) is 3.48. The van der Waals surface area contributed by atoms with Crippen molar-refractivity contribution in [1.82, 2.24) is 14.7 Å². The van der Waals surface area contributed by atoms with Crippen molar-refractivity contribution < 1.29 is 14.7 Å². The fraction of sp³-hybridized carbons (Fsp3) is 0.867. The number of carboxylic acids is 1. The summed E-state index contributed by atoms with van der Waals surface area (Å²) in [6.45, 7) is 9.91. The quantitative estimate of drug-likeness (QED) is 0.835. The molecule has 2 heterocycles. The predicted molar refractivity (Wildman–Crippen MR) is 80.2 cm³/mol. The summed E-state index contributed by atoms with van der Waals surface area (Å²) in [6.07, 6.45) is 1.77. The Labute approximate surface area is 126 Å². The third-order valence-corrected chi connectivity index (χ3v) is 4.75. The van der Waals surface area contributed by atoms with E-state index >= 15 is 0 Å². The second-order valence-electron chi connectivity index (χ2n) is 6.50. The molecule has 6 heteroatoms. The maximum atomic E-state index is 12.7. The van der Waals surface area contributed by atoms with Gasteiger partial charge in [0, 0.05) is 38.8 Å². The zero-order chi connectivity index (χ0) is 15.6. The van der Waals surface area contributed by atoms with E-state index in [2.05, 4.69) is 18.7 Å². The van der Waals surface area contributed by atoms with Gasteiger partial charge in [-0.05, 0) is 32.6 Å². The van der Waals surface area contributed by atoms with Crippen LogP contribution in [-0.2, 0) is 4.79 Å². The van der Waals surface area contributed by atoms with Crippen molar-refractivity contribution in [3.63, 3.8) is 0 Å². The Morgan fingerprint density at radius 2 is 1.71 bits per heavy atom. The van der Waals surface area contributed by atoms with Crippen molar-refractivity contribution in [2.75, 3.05) is 32.7 Å². The van der Waals surface area contributed by atoms with Crippen LogP contribution >= 0.6 is 0 Å². The molecule has 2 aliphatic heterocycles. The molecule has 2 aliphatic rings. The van der Waals surface area contributed by atoms with E-state index in [1.165, 1.54) is 0 Å². The molecule has 2 unspecified atom stereocenters. The lowest BCUT2D eigenvalue weighted by molar-refractivity contribution is -0.145. The second-order valence-corrected chi connectivity index (χ2v) is 6.50. The first-order valence-electron chi connectivity index (χ1n) is 7.94. The first-order chi connectivity index (χ1) is 9.91. The number of hydrogen-bond acceptors (Lipinski definition) is 3. The summed E-state index contributed by atoms with van der Waals surface area (Å²) in [6, 6.07) is -0.282. The fourth-order valence-corrected chi connectivity index (χ4v) is 3.39. The molecule has 2 atom stereocenters. The minimum Gasteiger partial charge on any atom is -0.480 e. The maximum absolute atomic E-state index is 12.7. The van der Waals surface area contributed by atoms with Crippen LogP contribution in [0.4, 0.5) is 4.79 Å². The molecule has 0 aliphatic carbocycles. The Balaban J connectivity index is 2.00. The summed E-state index contributed by atoms with van der Waals surface area (Å²) in [7, 11) is 0. The summed E-state index contributed by atoms with van der Waals surface area (Å²) in [5.74, 6) is -0.853. The van der Waals surface area contributed by atoms with E-state index in [0.717, 1.165) is 25.9 Å². The number of piperidine rings is 1. The highest BCUT2D eigenvalue weighted by Crippen LogP contribution is 2.25. The number of urea groups is 1. The van der Waals surface area contributed by atoms with Crippen LogP contribution in [0.2, 0.25) is 0 Å². The topological polar surface area (TPSA) is 64.1 Å². The Kier molecular flexibility index (Phi) is 5.08. The van der Waals surface area contributed by atoms with Crippen molar-refractivity contribution in [2.24, 2.45) is 5.92 Å². The van der Waals surface area contributed by atoms with Gasteiger partial charge in [0.1, 0.15) is 6.04 Å². The van der Waals surface area contributed by atoms with Crippen molar-refractivity contribution in [1.29, 1.82) is 0 Å². The highest BCUT2D eigenvalue weighted by molar-refractivity contribution is 5.83. The lowest BCUT2D eigenvalue weighted by Crippen LogP contribution is -2.59. The molecule has 0 aromatic rings. The van der Waals surface area contributed by atoms with Crippen LogP contribution in [0.1, 0.15) is 33.6 Å². The van der Waals surface area contributed by atoms with E-state index in [1.54, 1.807) is 4.90 Å². The number of carbonyl (C=O) groups excluding carboxylic acids is 1. The Morgan fingerprint density at radius 3 is 2.24 bits per heavy atom. The summed E-state index contributed by atoms with van der Waals surface area (Å²) >= 11 is 0. The largest absolute Gasteiger partial charge is 0.480 e. The van der Waals surface area contributed by atoms with Gasteiger partial charge < -0.3 is 14.9 Å². The number of piperazine rings is 1. The van der Waals surface area contributed by atoms with Crippen LogP contribution in [0.3, 0.4) is 0 Å². The number of hydrogen-bond donors (Lipinski definition) is 1. The van der Waals surface area contributed by atoms with Crippen LogP contribution in [-0.4, -0.2) is 76.6 Å². The SMILES string of the molecule is CC1CCCN(C(=O)N2CCN(C(C)C)CC2)C1C(=O)O. The van der Waals surface area contributed by atoms with E-state index in [1.807, 2.05) is 11.8 Å². The highest BCUT2D eigenvalue weighted by atomic mass is 16.4. The summed E-state index contributed by atoms with van der Waals surface area (Å²) in [5.41, 5.74) is 0. The van der Waals surface area contributed by atoms with E-state index in [4.69, 9.17) is 0 Å². The average Bonchev–Trinajstić information content (AvgIpc) is 2.46. The molecule has 6 nitrogen and oxygen atoms in total. The molecule has 0 aromatic heterocycles. The number of carboxylic acid groups (broad SMARTS) is 1. The van der Waals surface area contributed by atoms with E-state index in [0.29, 0.717) is 25.7 Å².